The fraction of sp³-hybridized carbons (Fsp3) is 0.500. The zero-order chi connectivity index (χ0) is 18.6. The van der Waals surface area contributed by atoms with Crippen LogP contribution in [0.2, 0.25) is 0 Å². The van der Waals surface area contributed by atoms with E-state index < -0.39 is 0 Å². The molecule has 0 radical (unpaired) electrons. The van der Waals surface area contributed by atoms with Gasteiger partial charge in [0.05, 0.1) is 24.3 Å². The Kier molecular flexibility index (Phi) is 5.29. The minimum atomic E-state index is 0.280. The highest BCUT2D eigenvalue weighted by molar-refractivity contribution is 5.87. The molecule has 0 atom stereocenters. The summed E-state index contributed by atoms with van der Waals surface area (Å²) in [6, 6.07) is 4.00. The van der Waals surface area contributed by atoms with Crippen LogP contribution >= 0.6 is 0 Å². The summed E-state index contributed by atoms with van der Waals surface area (Å²) >= 11 is 0. The highest BCUT2D eigenvalue weighted by Crippen LogP contribution is 2.27. The zero-order valence-electron chi connectivity index (χ0n) is 16.0. The second-order valence-corrected chi connectivity index (χ2v) is 7.08. The van der Waals surface area contributed by atoms with Crippen LogP contribution in [0.4, 0.5) is 5.82 Å². The second-order valence-electron chi connectivity index (χ2n) is 7.08. The van der Waals surface area contributed by atoms with Crippen molar-refractivity contribution in [3.8, 4) is 0 Å². The number of hydrogen-bond acceptors (Lipinski definition) is 6. The van der Waals surface area contributed by atoms with E-state index in [4.69, 9.17) is 14.7 Å². The molecule has 4 heterocycles. The summed E-state index contributed by atoms with van der Waals surface area (Å²) in [6.45, 7) is 4.65. The smallest absolute Gasteiger partial charge is 0.163 e. The quantitative estimate of drug-likeness (QED) is 0.668. The first kappa shape index (κ1) is 17.9. The Labute approximate surface area is 159 Å². The van der Waals surface area contributed by atoms with Crippen molar-refractivity contribution in [3.05, 3.63) is 42.1 Å². The van der Waals surface area contributed by atoms with Gasteiger partial charge in [0.15, 0.2) is 5.65 Å². The van der Waals surface area contributed by atoms with E-state index in [1.165, 1.54) is 0 Å². The second kappa shape index (κ2) is 8.00. The van der Waals surface area contributed by atoms with Gasteiger partial charge in [-0.25, -0.2) is 9.97 Å². The molecule has 142 valence electrons. The molecule has 0 unspecified atom stereocenters. The van der Waals surface area contributed by atoms with E-state index in [0.29, 0.717) is 6.61 Å². The molecule has 7 heteroatoms. The average molecular weight is 366 g/mol. The van der Waals surface area contributed by atoms with Crippen molar-refractivity contribution in [3.63, 3.8) is 0 Å². The van der Waals surface area contributed by atoms with Gasteiger partial charge < -0.3 is 9.64 Å². The fourth-order valence-electron chi connectivity index (χ4n) is 3.56. The van der Waals surface area contributed by atoms with Gasteiger partial charge in [-0.05, 0) is 30.9 Å². The molecule has 0 saturated carbocycles. The maximum atomic E-state index is 6.09. The Morgan fingerprint density at radius 1 is 1.19 bits per heavy atom. The number of aromatic nitrogens is 5. The Bertz CT molecular complexity index is 886. The summed E-state index contributed by atoms with van der Waals surface area (Å²) in [5.74, 6) is 1.92. The molecule has 0 bridgehead atoms. The normalized spacial score (nSPS) is 15.6. The van der Waals surface area contributed by atoms with Gasteiger partial charge in [-0.2, -0.15) is 5.10 Å². The van der Waals surface area contributed by atoms with Gasteiger partial charge in [-0.1, -0.05) is 13.0 Å². The lowest BCUT2D eigenvalue weighted by Gasteiger charge is -2.33. The SMILES string of the molecule is CCCc1nc(N2CCC(OCc3cccnc3)CC2)c2cnn(C)c2n1. The van der Waals surface area contributed by atoms with Crippen LogP contribution in [0.25, 0.3) is 11.0 Å². The Balaban J connectivity index is 1.44. The van der Waals surface area contributed by atoms with Crippen molar-refractivity contribution in [1.82, 2.24) is 24.7 Å². The Morgan fingerprint density at radius 3 is 2.78 bits per heavy atom. The third-order valence-corrected chi connectivity index (χ3v) is 5.04. The number of ether oxygens (including phenoxy) is 1. The summed E-state index contributed by atoms with van der Waals surface area (Å²) < 4.78 is 7.93. The lowest BCUT2D eigenvalue weighted by molar-refractivity contribution is 0.0249. The largest absolute Gasteiger partial charge is 0.373 e. The first-order chi connectivity index (χ1) is 13.2. The van der Waals surface area contributed by atoms with Crippen LogP contribution in [0, 0.1) is 0 Å². The van der Waals surface area contributed by atoms with Crippen LogP contribution in [0.15, 0.2) is 30.7 Å². The number of piperidine rings is 1. The van der Waals surface area contributed by atoms with E-state index >= 15 is 0 Å². The molecule has 0 aliphatic carbocycles. The topological polar surface area (TPSA) is 69.0 Å². The number of anilines is 1. The highest BCUT2D eigenvalue weighted by atomic mass is 16.5. The molecule has 3 aromatic rings. The maximum Gasteiger partial charge on any atom is 0.163 e. The van der Waals surface area contributed by atoms with Crippen LogP contribution in [-0.2, 0) is 24.8 Å². The molecular formula is C20H26N6O. The Morgan fingerprint density at radius 2 is 2.04 bits per heavy atom. The van der Waals surface area contributed by atoms with E-state index in [2.05, 4.69) is 28.0 Å². The van der Waals surface area contributed by atoms with Gasteiger partial charge >= 0.3 is 0 Å². The van der Waals surface area contributed by atoms with Gasteiger partial charge in [0, 0.05) is 39.0 Å². The molecule has 1 fully saturated rings. The monoisotopic (exact) mass is 366 g/mol. The lowest BCUT2D eigenvalue weighted by atomic mass is 10.1. The lowest BCUT2D eigenvalue weighted by Crippen LogP contribution is -2.37. The molecule has 0 N–H and O–H groups in total. The molecule has 0 aromatic carbocycles. The predicted molar refractivity (Wildman–Crippen MR) is 105 cm³/mol. The Hall–Kier alpha value is -2.54. The third-order valence-electron chi connectivity index (χ3n) is 5.04. The van der Waals surface area contributed by atoms with Crippen molar-refractivity contribution in [2.45, 2.75) is 45.3 Å². The summed E-state index contributed by atoms with van der Waals surface area (Å²) in [6.07, 6.45) is 9.73. The molecule has 1 aliphatic heterocycles. The standard InChI is InChI=1S/C20H26N6O/c1-3-5-18-23-19-17(13-22-25(19)2)20(24-18)26-10-7-16(8-11-26)27-14-15-6-4-9-21-12-15/h4,6,9,12-13,16H,3,5,7-8,10-11,14H2,1-2H3. The maximum absolute atomic E-state index is 6.09. The molecule has 3 aromatic heterocycles. The summed E-state index contributed by atoms with van der Waals surface area (Å²) in [5.41, 5.74) is 2.04. The summed E-state index contributed by atoms with van der Waals surface area (Å²) in [7, 11) is 1.94. The number of pyridine rings is 1. The van der Waals surface area contributed by atoms with Crippen LogP contribution in [-0.4, -0.2) is 43.9 Å². The van der Waals surface area contributed by atoms with Gasteiger partial charge in [0.25, 0.3) is 0 Å². The predicted octanol–water partition coefficient (Wildman–Crippen LogP) is 2.90. The number of aryl methyl sites for hydroxylation is 2. The molecule has 27 heavy (non-hydrogen) atoms. The van der Waals surface area contributed by atoms with Crippen LogP contribution in [0.5, 0.6) is 0 Å². The summed E-state index contributed by atoms with van der Waals surface area (Å²) in [4.78, 5) is 16.0. The average Bonchev–Trinajstić information content (AvgIpc) is 3.08. The molecule has 1 saturated heterocycles. The van der Waals surface area contributed by atoms with Crippen LogP contribution in [0.3, 0.4) is 0 Å². The van der Waals surface area contributed by atoms with E-state index in [9.17, 15) is 0 Å². The van der Waals surface area contributed by atoms with Crippen LogP contribution in [0.1, 0.15) is 37.6 Å². The zero-order valence-corrected chi connectivity index (χ0v) is 16.0. The van der Waals surface area contributed by atoms with Crippen molar-refractivity contribution in [2.75, 3.05) is 18.0 Å². The number of fused-ring (bicyclic) bond motifs is 1. The van der Waals surface area contributed by atoms with Gasteiger partial charge in [0.1, 0.15) is 11.6 Å². The van der Waals surface area contributed by atoms with Crippen molar-refractivity contribution in [2.24, 2.45) is 7.05 Å². The van der Waals surface area contributed by atoms with Crippen molar-refractivity contribution in [1.29, 1.82) is 0 Å². The van der Waals surface area contributed by atoms with E-state index in [-0.39, 0.29) is 6.10 Å². The first-order valence-corrected chi connectivity index (χ1v) is 9.68. The van der Waals surface area contributed by atoms with Crippen LogP contribution < -0.4 is 4.90 Å². The van der Waals surface area contributed by atoms with Gasteiger partial charge in [0.2, 0.25) is 0 Å². The minimum absolute atomic E-state index is 0.280. The highest BCUT2D eigenvalue weighted by Gasteiger charge is 2.24. The van der Waals surface area contributed by atoms with E-state index in [1.807, 2.05) is 30.2 Å². The number of nitrogens with zero attached hydrogens (tertiary/aromatic N) is 6. The molecular weight excluding hydrogens is 340 g/mol. The van der Waals surface area contributed by atoms with Crippen molar-refractivity contribution < 1.29 is 4.74 Å². The molecule has 0 amide bonds. The van der Waals surface area contributed by atoms with Gasteiger partial charge in [-0.3, -0.25) is 9.67 Å². The summed E-state index contributed by atoms with van der Waals surface area (Å²) in [5, 5.41) is 5.42. The number of rotatable bonds is 6. The molecule has 4 rings (SSSR count). The minimum Gasteiger partial charge on any atom is -0.373 e. The first-order valence-electron chi connectivity index (χ1n) is 9.68. The molecule has 0 spiro atoms. The third kappa shape index (κ3) is 3.93. The fourth-order valence-corrected chi connectivity index (χ4v) is 3.56. The molecule has 1 aliphatic rings. The van der Waals surface area contributed by atoms with Crippen molar-refractivity contribution >= 4 is 16.9 Å². The number of hydrogen-bond donors (Lipinski definition) is 0. The van der Waals surface area contributed by atoms with E-state index in [0.717, 1.165) is 67.0 Å². The molecule has 7 nitrogen and oxygen atoms in total. The van der Waals surface area contributed by atoms with Gasteiger partial charge in [-0.15, -0.1) is 0 Å². The van der Waals surface area contributed by atoms with E-state index in [1.54, 1.807) is 6.20 Å².